The van der Waals surface area contributed by atoms with Crippen LogP contribution in [0.3, 0.4) is 0 Å². The number of halogens is 1. The molecule has 4 nitrogen and oxygen atoms in total. The summed E-state index contributed by atoms with van der Waals surface area (Å²) in [7, 11) is 0. The zero-order valence-electron chi connectivity index (χ0n) is 11.4. The first-order chi connectivity index (χ1) is 10.2. The highest BCUT2D eigenvalue weighted by Gasteiger charge is 2.24. The van der Waals surface area contributed by atoms with E-state index < -0.39 is 0 Å². The van der Waals surface area contributed by atoms with Gasteiger partial charge in [0.05, 0.1) is 0 Å². The van der Waals surface area contributed by atoms with Crippen LogP contribution in [0.15, 0.2) is 29.6 Å². The zero-order chi connectivity index (χ0) is 14.7. The summed E-state index contributed by atoms with van der Waals surface area (Å²) in [6.07, 6.45) is 2.14. The Morgan fingerprint density at radius 2 is 2.05 bits per heavy atom. The van der Waals surface area contributed by atoms with Crippen LogP contribution in [0.1, 0.15) is 33.9 Å². The highest BCUT2D eigenvalue weighted by atomic mass is 32.1. The fourth-order valence-corrected chi connectivity index (χ4v) is 2.64. The lowest BCUT2D eigenvalue weighted by Gasteiger charge is -2.02. The molecule has 1 heterocycles. The fourth-order valence-electron chi connectivity index (χ4n) is 1.90. The molecule has 110 valence electrons. The second-order valence-corrected chi connectivity index (χ2v) is 6.05. The number of carbonyl (C=O) groups is 1. The SMILES string of the molecule is O=C(NC1CC1)c1csc(CNCc2ccc(F)cc2)n1. The highest BCUT2D eigenvalue weighted by molar-refractivity contribution is 7.09. The van der Waals surface area contributed by atoms with E-state index in [-0.39, 0.29) is 11.7 Å². The van der Waals surface area contributed by atoms with Gasteiger partial charge in [-0.2, -0.15) is 0 Å². The first-order valence-electron chi connectivity index (χ1n) is 6.91. The molecule has 1 saturated carbocycles. The van der Waals surface area contributed by atoms with Crippen molar-refractivity contribution >= 4 is 17.2 Å². The molecule has 0 unspecified atom stereocenters. The predicted octanol–water partition coefficient (Wildman–Crippen LogP) is 2.46. The van der Waals surface area contributed by atoms with Crippen LogP contribution in [0.25, 0.3) is 0 Å². The Labute approximate surface area is 126 Å². The molecule has 3 rings (SSSR count). The lowest BCUT2D eigenvalue weighted by Crippen LogP contribution is -2.25. The van der Waals surface area contributed by atoms with Crippen molar-refractivity contribution in [3.63, 3.8) is 0 Å². The molecule has 1 fully saturated rings. The summed E-state index contributed by atoms with van der Waals surface area (Å²) in [5.41, 5.74) is 1.50. The first kappa shape index (κ1) is 14.2. The average Bonchev–Trinajstić information content (AvgIpc) is 3.16. The minimum atomic E-state index is -0.231. The van der Waals surface area contributed by atoms with Gasteiger partial charge in [-0.3, -0.25) is 4.79 Å². The predicted molar refractivity (Wildman–Crippen MR) is 79.5 cm³/mol. The van der Waals surface area contributed by atoms with Crippen LogP contribution in [0.5, 0.6) is 0 Å². The number of thiazole rings is 1. The number of carbonyl (C=O) groups excluding carboxylic acids is 1. The summed E-state index contributed by atoms with van der Waals surface area (Å²) in [6, 6.07) is 6.73. The van der Waals surface area contributed by atoms with Gasteiger partial charge in [-0.1, -0.05) is 12.1 Å². The van der Waals surface area contributed by atoms with Gasteiger partial charge in [-0.05, 0) is 30.5 Å². The van der Waals surface area contributed by atoms with E-state index in [1.165, 1.54) is 23.5 Å². The fraction of sp³-hybridized carbons (Fsp3) is 0.333. The molecular formula is C15H16FN3OS. The lowest BCUT2D eigenvalue weighted by molar-refractivity contribution is 0.0946. The van der Waals surface area contributed by atoms with Gasteiger partial charge in [0, 0.05) is 24.5 Å². The topological polar surface area (TPSA) is 54.0 Å². The average molecular weight is 305 g/mol. The number of hydrogen-bond donors (Lipinski definition) is 2. The molecule has 0 radical (unpaired) electrons. The number of nitrogens with one attached hydrogen (secondary N) is 2. The van der Waals surface area contributed by atoms with Crippen molar-refractivity contribution in [2.24, 2.45) is 0 Å². The maximum atomic E-state index is 12.8. The Hall–Kier alpha value is -1.79. The minimum Gasteiger partial charge on any atom is -0.348 e. The minimum absolute atomic E-state index is 0.0847. The third-order valence-electron chi connectivity index (χ3n) is 3.22. The monoisotopic (exact) mass is 305 g/mol. The first-order valence-corrected chi connectivity index (χ1v) is 7.79. The van der Waals surface area contributed by atoms with Crippen LogP contribution in [-0.2, 0) is 13.1 Å². The zero-order valence-corrected chi connectivity index (χ0v) is 12.3. The van der Waals surface area contributed by atoms with Crippen molar-refractivity contribution in [2.45, 2.75) is 32.0 Å². The molecule has 2 N–H and O–H groups in total. The number of benzene rings is 1. The van der Waals surface area contributed by atoms with Gasteiger partial charge in [0.15, 0.2) is 0 Å². The molecule has 1 amide bonds. The van der Waals surface area contributed by atoms with Crippen molar-refractivity contribution in [1.29, 1.82) is 0 Å². The largest absolute Gasteiger partial charge is 0.348 e. The Morgan fingerprint density at radius 1 is 1.29 bits per heavy atom. The number of hydrogen-bond acceptors (Lipinski definition) is 4. The number of amides is 1. The molecule has 0 spiro atoms. The maximum absolute atomic E-state index is 12.8. The van der Waals surface area contributed by atoms with Crippen LogP contribution in [0, 0.1) is 5.82 Å². The number of nitrogens with zero attached hydrogens (tertiary/aromatic N) is 1. The van der Waals surface area contributed by atoms with Crippen molar-refractivity contribution < 1.29 is 9.18 Å². The third kappa shape index (κ3) is 4.09. The van der Waals surface area contributed by atoms with E-state index in [1.54, 1.807) is 17.5 Å². The van der Waals surface area contributed by atoms with Crippen molar-refractivity contribution in [3.05, 3.63) is 51.7 Å². The van der Waals surface area contributed by atoms with E-state index in [4.69, 9.17) is 0 Å². The molecule has 1 aromatic heterocycles. The van der Waals surface area contributed by atoms with E-state index in [9.17, 15) is 9.18 Å². The second kappa shape index (κ2) is 6.32. The summed E-state index contributed by atoms with van der Waals surface area (Å²) >= 11 is 1.47. The molecule has 6 heteroatoms. The molecule has 0 saturated heterocycles. The summed E-state index contributed by atoms with van der Waals surface area (Å²) in [4.78, 5) is 16.1. The van der Waals surface area contributed by atoms with E-state index >= 15 is 0 Å². The summed E-state index contributed by atoms with van der Waals surface area (Å²) < 4.78 is 12.8. The molecule has 1 aromatic carbocycles. The highest BCUT2D eigenvalue weighted by Crippen LogP contribution is 2.19. The lowest BCUT2D eigenvalue weighted by atomic mass is 10.2. The second-order valence-electron chi connectivity index (χ2n) is 5.10. The van der Waals surface area contributed by atoms with Gasteiger partial charge in [-0.25, -0.2) is 9.37 Å². The maximum Gasteiger partial charge on any atom is 0.270 e. The van der Waals surface area contributed by atoms with Gasteiger partial charge in [0.2, 0.25) is 0 Å². The molecule has 1 aliphatic rings. The molecule has 0 aliphatic heterocycles. The van der Waals surface area contributed by atoms with Crippen LogP contribution in [0.4, 0.5) is 4.39 Å². The molecule has 2 aromatic rings. The van der Waals surface area contributed by atoms with E-state index in [2.05, 4.69) is 15.6 Å². The molecule has 0 atom stereocenters. The summed E-state index contributed by atoms with van der Waals surface area (Å²) in [5.74, 6) is -0.316. The Kier molecular flexibility index (Phi) is 4.26. The normalized spacial score (nSPS) is 14.1. The van der Waals surface area contributed by atoms with Gasteiger partial charge < -0.3 is 10.6 Å². The number of rotatable bonds is 6. The molecule has 1 aliphatic carbocycles. The molecule has 21 heavy (non-hydrogen) atoms. The van der Waals surface area contributed by atoms with Gasteiger partial charge in [-0.15, -0.1) is 11.3 Å². The van der Waals surface area contributed by atoms with Crippen LogP contribution >= 0.6 is 11.3 Å². The van der Waals surface area contributed by atoms with E-state index in [0.29, 0.717) is 24.8 Å². The van der Waals surface area contributed by atoms with Crippen molar-refractivity contribution in [2.75, 3.05) is 0 Å². The van der Waals surface area contributed by atoms with Gasteiger partial charge in [0.25, 0.3) is 5.91 Å². The quantitative estimate of drug-likeness (QED) is 0.862. The van der Waals surface area contributed by atoms with Crippen molar-refractivity contribution in [3.8, 4) is 0 Å². The molecular weight excluding hydrogens is 289 g/mol. The van der Waals surface area contributed by atoms with E-state index in [0.717, 1.165) is 23.4 Å². The Morgan fingerprint density at radius 3 is 2.76 bits per heavy atom. The Bertz CT molecular complexity index is 622. The van der Waals surface area contributed by atoms with Crippen molar-refractivity contribution in [1.82, 2.24) is 15.6 Å². The third-order valence-corrected chi connectivity index (χ3v) is 4.06. The smallest absolute Gasteiger partial charge is 0.270 e. The van der Waals surface area contributed by atoms with Gasteiger partial charge in [0.1, 0.15) is 16.5 Å². The van der Waals surface area contributed by atoms with Crippen LogP contribution < -0.4 is 10.6 Å². The summed E-state index contributed by atoms with van der Waals surface area (Å²) in [5, 5.41) is 8.81. The number of aromatic nitrogens is 1. The summed E-state index contributed by atoms with van der Waals surface area (Å²) in [6.45, 7) is 1.24. The van der Waals surface area contributed by atoms with Crippen LogP contribution in [-0.4, -0.2) is 16.9 Å². The standard InChI is InChI=1S/C15H16FN3OS/c16-11-3-1-10(2-4-11)7-17-8-14-19-13(9-21-14)15(20)18-12-5-6-12/h1-4,9,12,17H,5-8H2,(H,18,20). The van der Waals surface area contributed by atoms with Crippen LogP contribution in [0.2, 0.25) is 0 Å². The Balaban J connectivity index is 1.47. The van der Waals surface area contributed by atoms with E-state index in [1.807, 2.05) is 0 Å². The molecule has 0 bridgehead atoms. The van der Waals surface area contributed by atoms with Gasteiger partial charge >= 0.3 is 0 Å².